The average Bonchev–Trinajstić information content (AvgIpc) is 2.95. The summed E-state index contributed by atoms with van der Waals surface area (Å²) in [4.78, 5) is 31.2. The third-order valence-corrected chi connectivity index (χ3v) is 3.77. The summed E-state index contributed by atoms with van der Waals surface area (Å²) in [6.45, 7) is 0.979. The Morgan fingerprint density at radius 3 is 2.71 bits per heavy atom. The Labute approximate surface area is 138 Å². The SMILES string of the molecule is O=C(CN1CCN(c2ccccc2F)C1=O)NCc1ccccn1. The van der Waals surface area contributed by atoms with Crippen LogP contribution in [0, 0.1) is 5.82 Å². The minimum atomic E-state index is -0.452. The number of carbonyl (C=O) groups excluding carboxylic acids is 2. The van der Waals surface area contributed by atoms with Gasteiger partial charge in [-0.3, -0.25) is 14.7 Å². The van der Waals surface area contributed by atoms with Crippen LogP contribution in [-0.2, 0) is 11.3 Å². The van der Waals surface area contributed by atoms with Gasteiger partial charge in [0.25, 0.3) is 0 Å². The smallest absolute Gasteiger partial charge is 0.325 e. The summed E-state index contributed by atoms with van der Waals surface area (Å²) >= 11 is 0. The fourth-order valence-corrected chi connectivity index (χ4v) is 2.54. The Morgan fingerprint density at radius 2 is 1.96 bits per heavy atom. The first-order valence-electron chi connectivity index (χ1n) is 7.63. The monoisotopic (exact) mass is 328 g/mol. The molecule has 0 atom stereocenters. The molecule has 1 aromatic heterocycles. The third kappa shape index (κ3) is 3.51. The van der Waals surface area contributed by atoms with E-state index in [1.807, 2.05) is 6.07 Å². The number of pyridine rings is 1. The molecule has 24 heavy (non-hydrogen) atoms. The molecule has 0 unspecified atom stereocenters. The van der Waals surface area contributed by atoms with Crippen LogP contribution in [0.15, 0.2) is 48.7 Å². The molecule has 6 nitrogen and oxygen atoms in total. The molecule has 1 aliphatic heterocycles. The molecule has 0 aliphatic carbocycles. The number of nitrogens with one attached hydrogen (secondary N) is 1. The predicted octanol–water partition coefficient (Wildman–Crippen LogP) is 1.78. The van der Waals surface area contributed by atoms with Gasteiger partial charge in [0, 0.05) is 19.3 Å². The maximum atomic E-state index is 13.8. The van der Waals surface area contributed by atoms with Crippen LogP contribution in [0.5, 0.6) is 0 Å². The average molecular weight is 328 g/mol. The predicted molar refractivity (Wildman–Crippen MR) is 86.8 cm³/mol. The molecule has 1 N–H and O–H groups in total. The molecular weight excluding hydrogens is 311 g/mol. The molecule has 0 bridgehead atoms. The summed E-state index contributed by atoms with van der Waals surface area (Å²) in [5.74, 6) is -0.725. The highest BCUT2D eigenvalue weighted by atomic mass is 19.1. The van der Waals surface area contributed by atoms with E-state index in [1.54, 1.807) is 36.5 Å². The largest absolute Gasteiger partial charge is 0.349 e. The van der Waals surface area contributed by atoms with Crippen LogP contribution in [0.3, 0.4) is 0 Å². The Hall–Kier alpha value is -2.96. The highest BCUT2D eigenvalue weighted by Gasteiger charge is 2.32. The summed E-state index contributed by atoms with van der Waals surface area (Å²) in [5.41, 5.74) is 0.977. The van der Waals surface area contributed by atoms with Gasteiger partial charge in [-0.25, -0.2) is 9.18 Å². The minimum absolute atomic E-state index is 0.0589. The Bertz CT molecular complexity index is 738. The van der Waals surface area contributed by atoms with Crippen molar-refractivity contribution in [1.29, 1.82) is 0 Å². The van der Waals surface area contributed by atoms with Gasteiger partial charge in [0.05, 0.1) is 17.9 Å². The first-order chi connectivity index (χ1) is 11.6. The van der Waals surface area contributed by atoms with Gasteiger partial charge in [-0.15, -0.1) is 0 Å². The van der Waals surface area contributed by atoms with Gasteiger partial charge in [0.15, 0.2) is 0 Å². The summed E-state index contributed by atoms with van der Waals surface area (Å²) in [5, 5.41) is 2.72. The number of amides is 3. The number of anilines is 1. The number of benzene rings is 1. The van der Waals surface area contributed by atoms with E-state index in [0.717, 1.165) is 5.69 Å². The molecule has 1 saturated heterocycles. The van der Waals surface area contributed by atoms with E-state index < -0.39 is 5.82 Å². The number of hydrogen-bond donors (Lipinski definition) is 1. The minimum Gasteiger partial charge on any atom is -0.349 e. The van der Waals surface area contributed by atoms with Crippen molar-refractivity contribution in [3.8, 4) is 0 Å². The Kier molecular flexibility index (Phi) is 4.69. The van der Waals surface area contributed by atoms with E-state index in [2.05, 4.69) is 10.3 Å². The second-order valence-electron chi connectivity index (χ2n) is 5.40. The lowest BCUT2D eigenvalue weighted by atomic mass is 10.3. The van der Waals surface area contributed by atoms with Crippen molar-refractivity contribution < 1.29 is 14.0 Å². The quantitative estimate of drug-likeness (QED) is 0.910. The van der Waals surface area contributed by atoms with Crippen molar-refractivity contribution in [3.05, 3.63) is 60.2 Å². The van der Waals surface area contributed by atoms with Crippen LogP contribution >= 0.6 is 0 Å². The summed E-state index contributed by atoms with van der Waals surface area (Å²) in [6.07, 6.45) is 1.65. The zero-order valence-corrected chi connectivity index (χ0v) is 13.0. The number of rotatable bonds is 5. The van der Waals surface area contributed by atoms with Gasteiger partial charge in [0.2, 0.25) is 5.91 Å². The first-order valence-corrected chi connectivity index (χ1v) is 7.63. The van der Waals surface area contributed by atoms with Crippen LogP contribution in [0.25, 0.3) is 0 Å². The van der Waals surface area contributed by atoms with E-state index in [4.69, 9.17) is 0 Å². The number of nitrogens with zero attached hydrogens (tertiary/aromatic N) is 3. The highest BCUT2D eigenvalue weighted by Crippen LogP contribution is 2.23. The number of carbonyl (C=O) groups is 2. The molecule has 1 fully saturated rings. The van der Waals surface area contributed by atoms with E-state index >= 15 is 0 Å². The fraction of sp³-hybridized carbons (Fsp3) is 0.235. The maximum Gasteiger partial charge on any atom is 0.325 e. The zero-order chi connectivity index (χ0) is 16.9. The van der Waals surface area contributed by atoms with Crippen molar-refractivity contribution in [2.45, 2.75) is 6.54 Å². The number of urea groups is 1. The molecule has 2 aromatic rings. The van der Waals surface area contributed by atoms with Crippen LogP contribution in [0.2, 0.25) is 0 Å². The van der Waals surface area contributed by atoms with Crippen molar-refractivity contribution >= 4 is 17.6 Å². The summed E-state index contributed by atoms with van der Waals surface area (Å²) in [7, 11) is 0. The molecule has 124 valence electrons. The lowest BCUT2D eigenvalue weighted by molar-refractivity contribution is -0.121. The normalized spacial score (nSPS) is 14.1. The molecule has 2 heterocycles. The topological polar surface area (TPSA) is 65.5 Å². The van der Waals surface area contributed by atoms with E-state index in [0.29, 0.717) is 19.6 Å². The third-order valence-electron chi connectivity index (χ3n) is 3.77. The molecule has 0 radical (unpaired) electrons. The highest BCUT2D eigenvalue weighted by molar-refractivity contribution is 5.96. The first kappa shape index (κ1) is 15.9. The molecule has 7 heteroatoms. The van der Waals surface area contributed by atoms with Gasteiger partial charge < -0.3 is 10.2 Å². The van der Waals surface area contributed by atoms with Gasteiger partial charge >= 0.3 is 6.03 Å². The van der Waals surface area contributed by atoms with Gasteiger partial charge in [-0.1, -0.05) is 18.2 Å². The summed E-state index contributed by atoms with van der Waals surface area (Å²) < 4.78 is 13.8. The van der Waals surface area contributed by atoms with E-state index in [-0.39, 0.29) is 24.2 Å². The van der Waals surface area contributed by atoms with Gasteiger partial charge in [-0.2, -0.15) is 0 Å². The van der Waals surface area contributed by atoms with Gasteiger partial charge in [0.1, 0.15) is 12.4 Å². The molecule has 1 aromatic carbocycles. The lowest BCUT2D eigenvalue weighted by Crippen LogP contribution is -2.40. The standard InChI is InChI=1S/C17H17FN4O2/c18-14-6-1-2-7-15(14)22-10-9-21(17(22)24)12-16(23)20-11-13-5-3-4-8-19-13/h1-8H,9-12H2,(H,20,23). The second-order valence-corrected chi connectivity index (χ2v) is 5.40. The zero-order valence-electron chi connectivity index (χ0n) is 13.0. The van der Waals surface area contributed by atoms with E-state index in [1.165, 1.54) is 15.9 Å². The van der Waals surface area contributed by atoms with Crippen LogP contribution in [0.4, 0.5) is 14.9 Å². The number of halogens is 1. The van der Waals surface area contributed by atoms with Crippen LogP contribution in [-0.4, -0.2) is 41.5 Å². The van der Waals surface area contributed by atoms with Crippen LogP contribution < -0.4 is 10.2 Å². The molecule has 3 rings (SSSR count). The Morgan fingerprint density at radius 1 is 1.17 bits per heavy atom. The molecule has 1 aliphatic rings. The second kappa shape index (κ2) is 7.08. The maximum absolute atomic E-state index is 13.8. The summed E-state index contributed by atoms with van der Waals surface area (Å²) in [6, 6.07) is 11.2. The van der Waals surface area contributed by atoms with Crippen molar-refractivity contribution in [1.82, 2.24) is 15.2 Å². The van der Waals surface area contributed by atoms with Gasteiger partial charge in [-0.05, 0) is 24.3 Å². The van der Waals surface area contributed by atoms with Crippen molar-refractivity contribution in [2.24, 2.45) is 0 Å². The molecular formula is C17H17FN4O2. The van der Waals surface area contributed by atoms with Crippen molar-refractivity contribution in [3.63, 3.8) is 0 Å². The molecule has 3 amide bonds. The van der Waals surface area contributed by atoms with Crippen LogP contribution in [0.1, 0.15) is 5.69 Å². The van der Waals surface area contributed by atoms with Crippen molar-refractivity contribution in [2.75, 3.05) is 24.5 Å². The molecule has 0 spiro atoms. The number of hydrogen-bond acceptors (Lipinski definition) is 3. The fourth-order valence-electron chi connectivity index (χ4n) is 2.54. The molecule has 0 saturated carbocycles. The lowest BCUT2D eigenvalue weighted by Gasteiger charge is -2.18. The number of para-hydroxylation sites is 1. The Balaban J connectivity index is 1.56. The van der Waals surface area contributed by atoms with E-state index in [9.17, 15) is 14.0 Å². The number of aromatic nitrogens is 1.